The van der Waals surface area contributed by atoms with Gasteiger partial charge in [0.15, 0.2) is 0 Å². The molecule has 0 radical (unpaired) electrons. The zero-order valence-corrected chi connectivity index (χ0v) is 20.1. The first-order valence-electron chi connectivity index (χ1n) is 20.8. The molecule has 1 nitrogen and oxygen atoms in total. The number of rotatable bonds is 3. The van der Waals surface area contributed by atoms with Gasteiger partial charge in [0.2, 0.25) is 0 Å². The predicted octanol–water partition coefficient (Wildman–Crippen LogP) is 10.8. The van der Waals surface area contributed by atoms with Crippen LogP contribution < -0.4 is 0 Å². The molecule has 184 valence electrons. The van der Waals surface area contributed by atoms with Crippen LogP contribution in [0.25, 0.3) is 65.8 Å². The Kier molecular flexibility index (Phi) is 2.52. The van der Waals surface area contributed by atoms with Crippen molar-refractivity contribution in [2.75, 3.05) is 0 Å². The van der Waals surface area contributed by atoms with Crippen molar-refractivity contribution in [3.8, 4) is 11.1 Å². The van der Waals surface area contributed by atoms with Gasteiger partial charge in [-0.05, 0) is 85.9 Å². The van der Waals surface area contributed by atoms with Gasteiger partial charge in [0.05, 0.1) is 20.6 Å². The molecule has 0 fully saturated rings. The van der Waals surface area contributed by atoms with Crippen molar-refractivity contribution < 1.29 is 27.7 Å². The van der Waals surface area contributed by atoms with E-state index in [1.165, 1.54) is 0 Å². The van der Waals surface area contributed by atoms with Crippen LogP contribution in [0.3, 0.4) is 0 Å². The molecule has 2 unspecified atom stereocenters. The standard InChI is InChI=1S/C38H26O/c1-2-11-25(12-3-1)26-13-10-14-27(23-26)37-31-16-4-6-18-33(31)38(34-19-7-5-17-32(34)37)28-21-22-30-29-15-8-9-20-35(29)39-36(30)24-28/h1-9,11-13,15-24H,10,14H2/i1D,2D,3D,4D,5D,6D,7D,10D,11D,12D,13D,14D,16D,17D,18D,19D,23D. The van der Waals surface area contributed by atoms with Gasteiger partial charge in [-0.15, -0.1) is 0 Å². The Morgan fingerprint density at radius 3 is 1.97 bits per heavy atom. The van der Waals surface area contributed by atoms with Crippen molar-refractivity contribution in [3.63, 3.8) is 0 Å². The SMILES string of the molecule is [2H]C1=C(c2c3c([2H])c([2H])c([2H])c([2H])c3c(-c3ccc4c(c3)oc3ccccc34)c3c([2H])c([2H])c([2H])c([2H])c23)C([2H])C([2H])C([2H])=C1c1c([2H])c([2H])c([2H])c([2H])c1[2H]. The van der Waals surface area contributed by atoms with E-state index < -0.39 is 126 Å². The van der Waals surface area contributed by atoms with Crippen LogP contribution in [-0.4, -0.2) is 0 Å². The number of para-hydroxylation sites is 1. The van der Waals surface area contributed by atoms with E-state index in [9.17, 15) is 8.22 Å². The second-order valence-electron chi connectivity index (χ2n) is 8.95. The monoisotopic (exact) mass is 515 g/mol. The lowest BCUT2D eigenvalue weighted by Crippen LogP contribution is -1.97. The molecule has 39 heavy (non-hydrogen) atoms. The highest BCUT2D eigenvalue weighted by Crippen LogP contribution is 2.45. The summed E-state index contributed by atoms with van der Waals surface area (Å²) in [4.78, 5) is 0. The molecule has 0 spiro atoms. The first-order chi connectivity index (χ1) is 26.4. The molecular weight excluding hydrogens is 472 g/mol. The molecule has 1 aromatic heterocycles. The van der Waals surface area contributed by atoms with E-state index in [0.29, 0.717) is 16.6 Å². The van der Waals surface area contributed by atoms with Crippen LogP contribution in [0.2, 0.25) is 0 Å². The summed E-state index contributed by atoms with van der Waals surface area (Å²) in [5, 5.41) is 0.369. The summed E-state index contributed by atoms with van der Waals surface area (Å²) >= 11 is 0. The Balaban J connectivity index is 1.63. The lowest BCUT2D eigenvalue weighted by atomic mass is 9.82. The van der Waals surface area contributed by atoms with Gasteiger partial charge in [-0.1, -0.05) is 115 Å². The molecule has 1 aliphatic rings. The molecule has 7 aromatic rings. The normalized spacial score (nSPS) is 24.2. The average molecular weight is 516 g/mol. The summed E-state index contributed by atoms with van der Waals surface area (Å²) in [7, 11) is 0. The highest BCUT2D eigenvalue weighted by Gasteiger charge is 2.20. The number of allylic oxidation sites excluding steroid dienone is 4. The minimum atomic E-state index is -1.88. The van der Waals surface area contributed by atoms with Gasteiger partial charge in [-0.25, -0.2) is 0 Å². The van der Waals surface area contributed by atoms with E-state index in [0.717, 1.165) is 5.39 Å². The van der Waals surface area contributed by atoms with Gasteiger partial charge in [-0.3, -0.25) is 0 Å². The first-order valence-corrected chi connectivity index (χ1v) is 12.1. The van der Waals surface area contributed by atoms with Crippen LogP contribution in [-0.2, 0) is 0 Å². The Labute approximate surface area is 251 Å². The van der Waals surface area contributed by atoms with Gasteiger partial charge in [-0.2, -0.15) is 0 Å². The minimum absolute atomic E-state index is 0.0189. The van der Waals surface area contributed by atoms with Crippen molar-refractivity contribution in [2.45, 2.75) is 12.8 Å². The lowest BCUT2D eigenvalue weighted by molar-refractivity contribution is 0.669. The summed E-state index contributed by atoms with van der Waals surface area (Å²) in [6, 6.07) is 1.40. The Hall–Kier alpha value is -4.88. The largest absolute Gasteiger partial charge is 0.456 e. The zero-order chi connectivity index (χ0) is 40.6. The fourth-order valence-corrected chi connectivity index (χ4v) is 5.14. The second-order valence-corrected chi connectivity index (χ2v) is 8.95. The first kappa shape index (κ1) is 11.1. The molecule has 0 aliphatic heterocycles. The minimum Gasteiger partial charge on any atom is -0.456 e. The van der Waals surface area contributed by atoms with Crippen LogP contribution in [0.1, 0.15) is 47.2 Å². The summed E-state index contributed by atoms with van der Waals surface area (Å²) in [6.45, 7) is 0. The molecule has 0 bridgehead atoms. The Morgan fingerprint density at radius 1 is 0.590 bits per heavy atom. The van der Waals surface area contributed by atoms with E-state index in [1.807, 2.05) is 12.1 Å². The van der Waals surface area contributed by atoms with Crippen molar-refractivity contribution in [1.29, 1.82) is 0 Å². The van der Waals surface area contributed by atoms with Gasteiger partial charge in [0, 0.05) is 13.5 Å². The number of benzene rings is 6. The highest BCUT2D eigenvalue weighted by atomic mass is 16.3. The third kappa shape index (κ3) is 3.55. The third-order valence-corrected chi connectivity index (χ3v) is 6.80. The smallest absolute Gasteiger partial charge is 0.136 e. The number of furan rings is 1. The summed E-state index contributed by atoms with van der Waals surface area (Å²) < 4.78 is 156. The number of fused-ring (bicyclic) bond motifs is 5. The lowest BCUT2D eigenvalue weighted by Gasteiger charge is -2.21. The van der Waals surface area contributed by atoms with Gasteiger partial charge < -0.3 is 4.42 Å². The van der Waals surface area contributed by atoms with E-state index in [4.69, 9.17) is 19.5 Å². The maximum Gasteiger partial charge on any atom is 0.136 e. The molecule has 8 rings (SSSR count). The van der Waals surface area contributed by atoms with Crippen LogP contribution in [0.5, 0.6) is 0 Å². The maximum absolute atomic E-state index is 9.52. The average Bonchev–Trinajstić information content (AvgIpc) is 3.56. The van der Waals surface area contributed by atoms with Crippen molar-refractivity contribution in [1.82, 2.24) is 0 Å². The summed E-state index contributed by atoms with van der Waals surface area (Å²) in [5.41, 5.74) is -0.916. The quantitative estimate of drug-likeness (QED) is 0.213. The van der Waals surface area contributed by atoms with Gasteiger partial charge in [0.1, 0.15) is 11.2 Å². The number of hydrogen-bond donors (Lipinski definition) is 0. The summed E-state index contributed by atoms with van der Waals surface area (Å²) in [5.74, 6) is 0. The predicted molar refractivity (Wildman–Crippen MR) is 166 cm³/mol. The van der Waals surface area contributed by atoms with Crippen molar-refractivity contribution in [2.24, 2.45) is 0 Å². The third-order valence-electron chi connectivity index (χ3n) is 6.80. The van der Waals surface area contributed by atoms with Gasteiger partial charge in [0.25, 0.3) is 0 Å². The maximum atomic E-state index is 9.52. The molecule has 2 atom stereocenters. The van der Waals surface area contributed by atoms with Gasteiger partial charge >= 0.3 is 0 Å². The van der Waals surface area contributed by atoms with Crippen LogP contribution in [0.15, 0.2) is 138 Å². The van der Waals surface area contributed by atoms with E-state index >= 15 is 0 Å². The molecule has 0 saturated carbocycles. The molecule has 1 heteroatoms. The van der Waals surface area contributed by atoms with Crippen LogP contribution in [0, 0.1) is 0 Å². The zero-order valence-electron chi connectivity index (χ0n) is 37.1. The Morgan fingerprint density at radius 2 is 1.23 bits per heavy atom. The topological polar surface area (TPSA) is 13.1 Å². The summed E-state index contributed by atoms with van der Waals surface area (Å²) in [6.07, 6.45) is -3.76. The van der Waals surface area contributed by atoms with Crippen molar-refractivity contribution >= 4 is 54.6 Å². The van der Waals surface area contributed by atoms with E-state index in [1.54, 1.807) is 30.3 Å². The molecule has 0 saturated heterocycles. The van der Waals surface area contributed by atoms with Crippen LogP contribution in [0.4, 0.5) is 0 Å². The van der Waals surface area contributed by atoms with Crippen molar-refractivity contribution in [3.05, 3.63) is 144 Å². The van der Waals surface area contributed by atoms with E-state index in [2.05, 4.69) is 0 Å². The fraction of sp³-hybridized carbons (Fsp3) is 0.0526. The molecule has 1 heterocycles. The molecule has 1 aliphatic carbocycles. The second kappa shape index (κ2) is 8.85. The molecule has 0 N–H and O–H groups in total. The highest BCUT2D eigenvalue weighted by molar-refractivity contribution is 6.20. The number of hydrogen-bond acceptors (Lipinski definition) is 1. The molecule has 6 aromatic carbocycles. The van der Waals surface area contributed by atoms with Crippen LogP contribution >= 0.6 is 0 Å². The fourth-order valence-electron chi connectivity index (χ4n) is 5.14. The molecule has 0 amide bonds. The molecular formula is C38H26O. The van der Waals surface area contributed by atoms with E-state index in [-0.39, 0.29) is 32.7 Å². The Bertz CT molecular complexity index is 2910.